The van der Waals surface area contributed by atoms with E-state index in [1.54, 1.807) is 28.6 Å². The maximum absolute atomic E-state index is 13.0. The van der Waals surface area contributed by atoms with Crippen molar-refractivity contribution in [3.05, 3.63) is 24.3 Å². The highest BCUT2D eigenvalue weighted by atomic mass is 32.2. The molecule has 0 atom stereocenters. The van der Waals surface area contributed by atoms with Gasteiger partial charge in [0.25, 0.3) is 0 Å². The van der Waals surface area contributed by atoms with Crippen molar-refractivity contribution >= 4 is 15.7 Å². The first kappa shape index (κ1) is 17.2. The summed E-state index contributed by atoms with van der Waals surface area (Å²) in [6, 6.07) is 6.51. The Morgan fingerprint density at radius 2 is 1.86 bits per heavy atom. The molecule has 6 nitrogen and oxygen atoms in total. The van der Waals surface area contributed by atoms with Gasteiger partial charge in [0.15, 0.2) is 0 Å². The van der Waals surface area contributed by atoms with Crippen molar-refractivity contribution < 1.29 is 8.42 Å². The first-order chi connectivity index (χ1) is 10.4. The molecular formula is C15H26N4O2S. The van der Waals surface area contributed by atoms with Crippen molar-refractivity contribution in [2.24, 2.45) is 0 Å². The Labute approximate surface area is 133 Å². The smallest absolute Gasteiger partial charge is 0.243 e. The number of rotatable bonds is 6. The summed E-state index contributed by atoms with van der Waals surface area (Å²) in [4.78, 5) is 2.56. The van der Waals surface area contributed by atoms with E-state index in [1.165, 1.54) is 0 Å². The summed E-state index contributed by atoms with van der Waals surface area (Å²) in [7, 11) is 0.420. The second kappa shape index (κ2) is 7.41. The average Bonchev–Trinajstić information content (AvgIpc) is 2.49. The van der Waals surface area contributed by atoms with Gasteiger partial charge >= 0.3 is 0 Å². The summed E-state index contributed by atoms with van der Waals surface area (Å²) in [6.07, 6.45) is 1.74. The highest BCUT2D eigenvalue weighted by Gasteiger charge is 2.32. The fourth-order valence-electron chi connectivity index (χ4n) is 2.78. The lowest BCUT2D eigenvalue weighted by atomic mass is 10.1. The van der Waals surface area contributed by atoms with Crippen LogP contribution in [0.5, 0.6) is 0 Å². The Bertz CT molecular complexity index is 566. The molecule has 1 aliphatic rings. The molecule has 0 aliphatic carbocycles. The van der Waals surface area contributed by atoms with Gasteiger partial charge in [0.1, 0.15) is 0 Å². The molecule has 0 bridgehead atoms. The molecule has 1 saturated heterocycles. The van der Waals surface area contributed by atoms with Gasteiger partial charge < -0.3 is 16.0 Å². The van der Waals surface area contributed by atoms with Crippen molar-refractivity contribution in [3.63, 3.8) is 0 Å². The van der Waals surface area contributed by atoms with Crippen LogP contribution < -0.4 is 11.1 Å². The molecule has 0 amide bonds. The maximum Gasteiger partial charge on any atom is 0.243 e. The number of piperidine rings is 1. The van der Waals surface area contributed by atoms with Gasteiger partial charge in [-0.2, -0.15) is 4.31 Å². The number of anilines is 1. The number of hydrogen-bond donors (Lipinski definition) is 2. The Morgan fingerprint density at radius 3 is 2.41 bits per heavy atom. The number of sulfonamides is 1. The van der Waals surface area contributed by atoms with Gasteiger partial charge in [-0.3, -0.25) is 0 Å². The zero-order chi connectivity index (χ0) is 16.2. The molecule has 1 aliphatic heterocycles. The van der Waals surface area contributed by atoms with Crippen LogP contribution in [-0.4, -0.2) is 63.9 Å². The SMILES string of the molecule is CNCCN(C1CCN(C)CC1)S(=O)(=O)c1ccc(N)cc1. The molecule has 0 unspecified atom stereocenters. The average molecular weight is 326 g/mol. The fraction of sp³-hybridized carbons (Fsp3) is 0.600. The van der Waals surface area contributed by atoms with Gasteiger partial charge in [0.05, 0.1) is 4.90 Å². The van der Waals surface area contributed by atoms with Crippen LogP contribution in [0.2, 0.25) is 0 Å². The van der Waals surface area contributed by atoms with E-state index in [1.807, 2.05) is 7.05 Å². The molecule has 1 fully saturated rings. The largest absolute Gasteiger partial charge is 0.399 e. The standard InChI is InChI=1S/C15H26N4O2S/c1-17-9-12-19(14-7-10-18(2)11-8-14)22(20,21)15-5-3-13(16)4-6-15/h3-6,14,17H,7-12,16H2,1-2H3. The second-order valence-electron chi connectivity index (χ2n) is 5.82. The third-order valence-corrected chi connectivity index (χ3v) is 6.13. The Kier molecular flexibility index (Phi) is 5.80. The molecule has 0 radical (unpaired) electrons. The van der Waals surface area contributed by atoms with Crippen LogP contribution in [0.15, 0.2) is 29.2 Å². The van der Waals surface area contributed by atoms with Crippen LogP contribution in [0.4, 0.5) is 5.69 Å². The monoisotopic (exact) mass is 326 g/mol. The molecule has 0 aromatic heterocycles. The predicted molar refractivity (Wildman–Crippen MR) is 89.2 cm³/mol. The first-order valence-corrected chi connectivity index (χ1v) is 9.09. The van der Waals surface area contributed by atoms with Crippen LogP contribution in [-0.2, 0) is 10.0 Å². The number of nitrogens with zero attached hydrogens (tertiary/aromatic N) is 2. The molecule has 1 aromatic carbocycles. The number of nitrogens with one attached hydrogen (secondary N) is 1. The van der Waals surface area contributed by atoms with E-state index < -0.39 is 10.0 Å². The first-order valence-electron chi connectivity index (χ1n) is 7.65. The van der Waals surface area contributed by atoms with E-state index in [4.69, 9.17) is 5.73 Å². The molecule has 0 spiro atoms. The van der Waals surface area contributed by atoms with Gasteiger partial charge in [-0.05, 0) is 64.3 Å². The summed E-state index contributed by atoms with van der Waals surface area (Å²) in [5.74, 6) is 0. The second-order valence-corrected chi connectivity index (χ2v) is 7.71. The number of hydrogen-bond acceptors (Lipinski definition) is 5. The van der Waals surface area contributed by atoms with Crippen molar-refractivity contribution in [3.8, 4) is 0 Å². The van der Waals surface area contributed by atoms with Gasteiger partial charge in [-0.1, -0.05) is 0 Å². The Balaban J connectivity index is 2.25. The quantitative estimate of drug-likeness (QED) is 0.748. The number of nitrogen functional groups attached to an aromatic ring is 1. The molecule has 1 heterocycles. The number of likely N-dealkylation sites (tertiary alicyclic amines) is 1. The minimum atomic E-state index is -3.49. The lowest BCUT2D eigenvalue weighted by molar-refractivity contribution is 0.183. The molecule has 0 saturated carbocycles. The zero-order valence-electron chi connectivity index (χ0n) is 13.3. The highest BCUT2D eigenvalue weighted by Crippen LogP contribution is 2.24. The van der Waals surface area contributed by atoms with Crippen LogP contribution in [0.3, 0.4) is 0 Å². The highest BCUT2D eigenvalue weighted by molar-refractivity contribution is 7.89. The van der Waals surface area contributed by atoms with Crippen LogP contribution in [0, 0.1) is 0 Å². The fourth-order valence-corrected chi connectivity index (χ4v) is 4.46. The third-order valence-electron chi connectivity index (χ3n) is 4.16. The predicted octanol–water partition coefficient (Wildman–Crippen LogP) is 0.573. The van der Waals surface area contributed by atoms with Gasteiger partial charge in [-0.15, -0.1) is 0 Å². The Morgan fingerprint density at radius 1 is 1.27 bits per heavy atom. The van der Waals surface area contributed by atoms with Gasteiger partial charge in [-0.25, -0.2) is 8.42 Å². The van der Waals surface area contributed by atoms with Crippen LogP contribution >= 0.6 is 0 Å². The molecule has 2 rings (SSSR count). The summed E-state index contributed by atoms with van der Waals surface area (Å²) < 4.78 is 27.6. The Hall–Kier alpha value is -1.15. The van der Waals surface area contributed by atoms with Crippen molar-refractivity contribution in [1.29, 1.82) is 0 Å². The van der Waals surface area contributed by atoms with Gasteiger partial charge in [0, 0.05) is 24.8 Å². The van der Waals surface area contributed by atoms with E-state index in [-0.39, 0.29) is 6.04 Å². The van der Waals surface area contributed by atoms with E-state index in [2.05, 4.69) is 17.3 Å². The number of nitrogens with two attached hydrogens (primary N) is 1. The third kappa shape index (κ3) is 3.98. The summed E-state index contributed by atoms with van der Waals surface area (Å²) in [5.41, 5.74) is 6.23. The summed E-state index contributed by atoms with van der Waals surface area (Å²) in [5, 5.41) is 3.04. The van der Waals surface area contributed by atoms with Gasteiger partial charge in [0.2, 0.25) is 10.0 Å². The minimum absolute atomic E-state index is 0.0621. The van der Waals surface area contributed by atoms with Crippen molar-refractivity contribution in [2.45, 2.75) is 23.8 Å². The van der Waals surface area contributed by atoms with Crippen molar-refractivity contribution in [1.82, 2.24) is 14.5 Å². The number of likely N-dealkylation sites (N-methyl/N-ethyl adjacent to an activating group) is 1. The van der Waals surface area contributed by atoms with E-state index >= 15 is 0 Å². The molecule has 22 heavy (non-hydrogen) atoms. The topological polar surface area (TPSA) is 78.7 Å². The lowest BCUT2D eigenvalue weighted by Crippen LogP contribution is -2.48. The molecule has 7 heteroatoms. The van der Waals surface area contributed by atoms with Crippen LogP contribution in [0.25, 0.3) is 0 Å². The molecular weight excluding hydrogens is 300 g/mol. The minimum Gasteiger partial charge on any atom is -0.399 e. The normalized spacial score (nSPS) is 18.0. The summed E-state index contributed by atoms with van der Waals surface area (Å²) in [6.45, 7) is 2.98. The maximum atomic E-state index is 13.0. The van der Waals surface area contributed by atoms with E-state index in [9.17, 15) is 8.42 Å². The molecule has 124 valence electrons. The summed E-state index contributed by atoms with van der Waals surface area (Å²) >= 11 is 0. The van der Waals surface area contributed by atoms with E-state index in [0.717, 1.165) is 25.9 Å². The molecule has 1 aromatic rings. The van der Waals surface area contributed by atoms with Crippen molar-refractivity contribution in [2.75, 3.05) is 46.0 Å². The molecule has 3 N–H and O–H groups in total. The zero-order valence-corrected chi connectivity index (χ0v) is 14.1. The number of benzene rings is 1. The van der Waals surface area contributed by atoms with E-state index in [0.29, 0.717) is 23.7 Å². The lowest BCUT2D eigenvalue weighted by Gasteiger charge is -2.36. The van der Waals surface area contributed by atoms with Crippen LogP contribution in [0.1, 0.15) is 12.8 Å².